The van der Waals surface area contributed by atoms with Gasteiger partial charge >= 0.3 is 11.9 Å². The highest BCUT2D eigenvalue weighted by Gasteiger charge is 2.25. The quantitative estimate of drug-likeness (QED) is 0.535. The highest BCUT2D eigenvalue weighted by molar-refractivity contribution is 7.20. The van der Waals surface area contributed by atoms with Gasteiger partial charge in [0.25, 0.3) is 5.91 Å². The van der Waals surface area contributed by atoms with E-state index in [1.54, 1.807) is 13.0 Å². The van der Waals surface area contributed by atoms with Crippen LogP contribution in [0.15, 0.2) is 48.8 Å². The van der Waals surface area contributed by atoms with Crippen molar-refractivity contribution >= 4 is 40.0 Å². The number of rotatable bonds is 7. The Bertz CT molecular complexity index is 1100. The zero-order valence-corrected chi connectivity index (χ0v) is 17.6. The Morgan fingerprint density at radius 3 is 2.52 bits per heavy atom. The maximum atomic E-state index is 12.6. The number of carbonyl (C=O) groups excluding carboxylic acids is 3. The normalized spacial score (nSPS) is 11.4. The van der Waals surface area contributed by atoms with E-state index in [4.69, 9.17) is 15.2 Å². The van der Waals surface area contributed by atoms with Crippen LogP contribution in [0, 0.1) is 0 Å². The third-order valence-corrected chi connectivity index (χ3v) is 5.19. The van der Waals surface area contributed by atoms with Crippen molar-refractivity contribution in [3.8, 4) is 10.4 Å². The Balaban J connectivity index is 1.79. The molecular formula is C21H20N4O5S. The predicted octanol–water partition coefficient (Wildman–Crippen LogP) is 3.15. The fourth-order valence-electron chi connectivity index (χ4n) is 2.58. The molecule has 2 aromatic heterocycles. The molecule has 0 radical (unpaired) electrons. The van der Waals surface area contributed by atoms with Gasteiger partial charge in [-0.2, -0.15) is 0 Å². The third kappa shape index (κ3) is 5.23. The van der Waals surface area contributed by atoms with E-state index >= 15 is 0 Å². The summed E-state index contributed by atoms with van der Waals surface area (Å²) in [5.41, 5.74) is 6.53. The van der Waals surface area contributed by atoms with Crippen molar-refractivity contribution in [2.45, 2.75) is 20.0 Å². The Labute approximate surface area is 182 Å². The third-order valence-electron chi connectivity index (χ3n) is 4.10. The molecule has 160 valence electrons. The number of benzene rings is 1. The van der Waals surface area contributed by atoms with Crippen LogP contribution >= 0.6 is 11.3 Å². The number of aromatic nitrogens is 2. The molecule has 0 bridgehead atoms. The molecule has 10 heteroatoms. The standard InChI is InChI=1S/C21H20N4O5S/c1-3-29-20(27)14-11-15(13-7-5-4-6-8-13)31-19(14)25-18(26)12(2)30-21(28)16-17(22)24-10-9-23-16/h4-12H,3H2,1-2H3,(H2,22,24)(H,25,26)/t12-/m1/s1. The number of hydrogen-bond acceptors (Lipinski definition) is 9. The Kier molecular flexibility index (Phi) is 6.93. The smallest absolute Gasteiger partial charge is 0.361 e. The number of nitrogens with zero attached hydrogens (tertiary/aromatic N) is 2. The highest BCUT2D eigenvalue weighted by atomic mass is 32.1. The van der Waals surface area contributed by atoms with Gasteiger partial charge < -0.3 is 20.5 Å². The summed E-state index contributed by atoms with van der Waals surface area (Å²) in [4.78, 5) is 45.6. The zero-order chi connectivity index (χ0) is 22.4. The summed E-state index contributed by atoms with van der Waals surface area (Å²) in [6, 6.07) is 11.1. The number of esters is 2. The van der Waals surface area contributed by atoms with Gasteiger partial charge in [-0.1, -0.05) is 30.3 Å². The molecule has 0 spiro atoms. The van der Waals surface area contributed by atoms with Gasteiger partial charge in [0.1, 0.15) is 5.00 Å². The van der Waals surface area contributed by atoms with Gasteiger partial charge in [0.05, 0.1) is 12.2 Å². The number of amides is 1. The van der Waals surface area contributed by atoms with Crippen molar-refractivity contribution in [2.75, 3.05) is 17.7 Å². The minimum Gasteiger partial charge on any atom is -0.462 e. The molecule has 1 atom stereocenters. The van der Waals surface area contributed by atoms with Crippen molar-refractivity contribution in [2.24, 2.45) is 0 Å². The predicted molar refractivity (Wildman–Crippen MR) is 116 cm³/mol. The van der Waals surface area contributed by atoms with Crippen molar-refractivity contribution in [3.63, 3.8) is 0 Å². The molecule has 0 saturated heterocycles. The first-order valence-corrected chi connectivity index (χ1v) is 10.2. The molecule has 0 saturated carbocycles. The molecule has 0 unspecified atom stereocenters. The number of nitrogens with one attached hydrogen (secondary N) is 1. The largest absolute Gasteiger partial charge is 0.462 e. The first-order valence-electron chi connectivity index (χ1n) is 9.35. The van der Waals surface area contributed by atoms with Crippen molar-refractivity contribution < 1.29 is 23.9 Å². The van der Waals surface area contributed by atoms with Crippen LogP contribution in [0.5, 0.6) is 0 Å². The monoisotopic (exact) mass is 440 g/mol. The van der Waals surface area contributed by atoms with Gasteiger partial charge in [-0.3, -0.25) is 4.79 Å². The number of hydrogen-bond donors (Lipinski definition) is 2. The lowest BCUT2D eigenvalue weighted by Crippen LogP contribution is -2.30. The van der Waals surface area contributed by atoms with E-state index in [1.807, 2.05) is 30.3 Å². The molecule has 0 aliphatic heterocycles. The molecule has 31 heavy (non-hydrogen) atoms. The van der Waals surface area contributed by atoms with Crippen LogP contribution in [0.25, 0.3) is 10.4 Å². The molecule has 2 heterocycles. The second kappa shape index (κ2) is 9.81. The van der Waals surface area contributed by atoms with Crippen LogP contribution in [-0.2, 0) is 14.3 Å². The van der Waals surface area contributed by atoms with Gasteiger partial charge in [0.2, 0.25) is 0 Å². The second-order valence-corrected chi connectivity index (χ2v) is 7.32. The van der Waals surface area contributed by atoms with E-state index in [2.05, 4.69) is 15.3 Å². The summed E-state index contributed by atoms with van der Waals surface area (Å²) in [6.45, 7) is 3.28. The molecule has 1 amide bonds. The molecule has 3 rings (SSSR count). The summed E-state index contributed by atoms with van der Waals surface area (Å²) in [5.74, 6) is -2.17. The molecular weight excluding hydrogens is 420 g/mol. The lowest BCUT2D eigenvalue weighted by atomic mass is 10.1. The topological polar surface area (TPSA) is 134 Å². The van der Waals surface area contributed by atoms with Crippen LogP contribution < -0.4 is 11.1 Å². The van der Waals surface area contributed by atoms with Crippen LogP contribution in [-0.4, -0.2) is 40.5 Å². The zero-order valence-electron chi connectivity index (χ0n) is 16.8. The van der Waals surface area contributed by atoms with Gasteiger partial charge in [-0.15, -0.1) is 11.3 Å². The fraction of sp³-hybridized carbons (Fsp3) is 0.190. The summed E-state index contributed by atoms with van der Waals surface area (Å²) in [7, 11) is 0. The number of ether oxygens (including phenoxy) is 2. The number of thiophene rings is 1. The summed E-state index contributed by atoms with van der Waals surface area (Å²) >= 11 is 1.21. The van der Waals surface area contributed by atoms with Crippen LogP contribution in [0.3, 0.4) is 0 Å². The number of nitrogens with two attached hydrogens (primary N) is 1. The second-order valence-electron chi connectivity index (χ2n) is 6.27. The van der Waals surface area contributed by atoms with Gasteiger partial charge in [0, 0.05) is 17.3 Å². The molecule has 9 nitrogen and oxygen atoms in total. The molecule has 0 aliphatic rings. The van der Waals surface area contributed by atoms with E-state index in [9.17, 15) is 14.4 Å². The summed E-state index contributed by atoms with van der Waals surface area (Å²) in [5, 5.41) is 2.94. The van der Waals surface area contributed by atoms with Crippen LogP contribution in [0.4, 0.5) is 10.8 Å². The minimum atomic E-state index is -1.17. The van der Waals surface area contributed by atoms with E-state index in [0.29, 0.717) is 5.00 Å². The summed E-state index contributed by atoms with van der Waals surface area (Å²) in [6.07, 6.45) is 1.45. The molecule has 0 aliphatic carbocycles. The van der Waals surface area contributed by atoms with Crippen molar-refractivity contribution in [3.05, 3.63) is 60.0 Å². The average molecular weight is 440 g/mol. The minimum absolute atomic E-state index is 0.101. The van der Waals surface area contributed by atoms with Gasteiger partial charge in [-0.25, -0.2) is 19.6 Å². The van der Waals surface area contributed by atoms with Gasteiger partial charge in [0.15, 0.2) is 17.6 Å². The summed E-state index contributed by atoms with van der Waals surface area (Å²) < 4.78 is 10.2. The van der Waals surface area contributed by atoms with E-state index < -0.39 is 23.9 Å². The number of anilines is 2. The Hall–Kier alpha value is -3.79. The number of nitrogen functional groups attached to an aromatic ring is 1. The molecule has 3 aromatic rings. The highest BCUT2D eigenvalue weighted by Crippen LogP contribution is 2.36. The van der Waals surface area contributed by atoms with E-state index in [0.717, 1.165) is 10.4 Å². The average Bonchev–Trinajstić information content (AvgIpc) is 3.18. The first kappa shape index (κ1) is 21.9. The molecule has 1 aromatic carbocycles. The Morgan fingerprint density at radius 2 is 1.84 bits per heavy atom. The lowest BCUT2D eigenvalue weighted by Gasteiger charge is -2.13. The van der Waals surface area contributed by atoms with E-state index in [1.165, 1.54) is 30.7 Å². The Morgan fingerprint density at radius 1 is 1.13 bits per heavy atom. The van der Waals surface area contributed by atoms with Gasteiger partial charge in [-0.05, 0) is 25.5 Å². The van der Waals surface area contributed by atoms with Crippen LogP contribution in [0.1, 0.15) is 34.7 Å². The first-order chi connectivity index (χ1) is 14.9. The fourth-order valence-corrected chi connectivity index (χ4v) is 3.63. The SMILES string of the molecule is CCOC(=O)c1cc(-c2ccccc2)sc1NC(=O)[C@@H](C)OC(=O)c1nccnc1N. The number of carbonyl (C=O) groups is 3. The van der Waals surface area contributed by atoms with Crippen LogP contribution in [0.2, 0.25) is 0 Å². The molecule has 0 fully saturated rings. The van der Waals surface area contributed by atoms with Crippen molar-refractivity contribution in [1.29, 1.82) is 0 Å². The maximum Gasteiger partial charge on any atom is 0.361 e. The van der Waals surface area contributed by atoms with E-state index in [-0.39, 0.29) is 23.7 Å². The lowest BCUT2D eigenvalue weighted by molar-refractivity contribution is -0.123. The maximum absolute atomic E-state index is 12.6. The molecule has 3 N–H and O–H groups in total. The van der Waals surface area contributed by atoms with Crippen molar-refractivity contribution in [1.82, 2.24) is 9.97 Å².